The first-order valence-corrected chi connectivity index (χ1v) is 10.1. The quantitative estimate of drug-likeness (QED) is 0.582. The number of carbonyl (C=O) groups excluding carboxylic acids is 1. The highest BCUT2D eigenvalue weighted by molar-refractivity contribution is 5.75. The van der Waals surface area contributed by atoms with E-state index in [-0.39, 0.29) is 5.91 Å². The largest absolute Gasteiger partial charge is 0.493 e. The van der Waals surface area contributed by atoms with E-state index in [9.17, 15) is 4.79 Å². The van der Waals surface area contributed by atoms with Crippen LogP contribution in [0, 0.1) is 13.8 Å². The minimum absolute atomic E-state index is 0.100. The molecule has 0 unspecified atom stereocenters. The topological polar surface area (TPSA) is 58.2 Å². The number of aromatic nitrogens is 2. The SMILES string of the molecule is Cc1ccc(OCCC(=O)N(C)CCCc2cc(-c3ccccc3)n[nH]2)cc1C. The van der Waals surface area contributed by atoms with E-state index in [1.165, 1.54) is 11.1 Å². The number of rotatable bonds is 9. The van der Waals surface area contributed by atoms with Crippen molar-refractivity contribution < 1.29 is 9.53 Å². The van der Waals surface area contributed by atoms with Gasteiger partial charge in [-0.3, -0.25) is 9.89 Å². The molecular weight excluding hydrogens is 362 g/mol. The van der Waals surface area contributed by atoms with Crippen molar-refractivity contribution in [3.8, 4) is 17.0 Å². The average Bonchev–Trinajstić information content (AvgIpc) is 3.20. The van der Waals surface area contributed by atoms with Gasteiger partial charge in [0.1, 0.15) is 5.75 Å². The third-order valence-corrected chi connectivity index (χ3v) is 5.13. The Kier molecular flexibility index (Phi) is 7.06. The van der Waals surface area contributed by atoms with Crippen LogP contribution in [0.4, 0.5) is 0 Å². The lowest BCUT2D eigenvalue weighted by Crippen LogP contribution is -2.29. The molecule has 3 rings (SSSR count). The average molecular weight is 392 g/mol. The van der Waals surface area contributed by atoms with E-state index >= 15 is 0 Å². The number of aromatic amines is 1. The molecule has 5 nitrogen and oxygen atoms in total. The molecule has 152 valence electrons. The standard InChI is InChI=1S/C24H29N3O2/c1-18-11-12-22(16-19(18)2)29-15-13-24(28)27(3)14-7-10-21-17-23(26-25-21)20-8-5-4-6-9-20/h4-6,8-9,11-12,16-17H,7,10,13-15H2,1-3H3,(H,25,26). The molecule has 0 atom stereocenters. The predicted octanol–water partition coefficient (Wildman–Crippen LogP) is 4.55. The molecule has 1 heterocycles. The Morgan fingerprint density at radius 2 is 1.86 bits per heavy atom. The van der Waals surface area contributed by atoms with E-state index in [1.807, 2.05) is 55.6 Å². The number of benzene rings is 2. The molecular formula is C24H29N3O2. The number of amides is 1. The molecule has 0 spiro atoms. The Labute approximate surface area is 172 Å². The summed E-state index contributed by atoms with van der Waals surface area (Å²) in [7, 11) is 1.85. The van der Waals surface area contributed by atoms with Crippen LogP contribution in [-0.4, -0.2) is 41.2 Å². The van der Waals surface area contributed by atoms with Gasteiger partial charge in [-0.15, -0.1) is 0 Å². The molecule has 0 aliphatic heterocycles. The van der Waals surface area contributed by atoms with E-state index < -0.39 is 0 Å². The maximum atomic E-state index is 12.3. The molecule has 1 amide bonds. The first kappa shape index (κ1) is 20.6. The molecule has 1 N–H and O–H groups in total. The Balaban J connectivity index is 1.38. The summed E-state index contributed by atoms with van der Waals surface area (Å²) in [6, 6.07) is 18.2. The molecule has 5 heteroatoms. The molecule has 0 saturated heterocycles. The Hall–Kier alpha value is -3.08. The Morgan fingerprint density at radius 3 is 2.62 bits per heavy atom. The number of hydrogen-bond donors (Lipinski definition) is 1. The molecule has 29 heavy (non-hydrogen) atoms. The maximum Gasteiger partial charge on any atom is 0.225 e. The van der Waals surface area contributed by atoms with Crippen LogP contribution in [-0.2, 0) is 11.2 Å². The fourth-order valence-electron chi connectivity index (χ4n) is 3.13. The van der Waals surface area contributed by atoms with E-state index in [2.05, 4.69) is 30.1 Å². The van der Waals surface area contributed by atoms with Gasteiger partial charge in [0.2, 0.25) is 5.91 Å². The van der Waals surface area contributed by atoms with Crippen LogP contribution in [0.3, 0.4) is 0 Å². The van der Waals surface area contributed by atoms with Gasteiger partial charge in [-0.1, -0.05) is 36.4 Å². The van der Waals surface area contributed by atoms with Gasteiger partial charge in [0.15, 0.2) is 0 Å². The van der Waals surface area contributed by atoms with Crippen molar-refractivity contribution in [3.63, 3.8) is 0 Å². The normalized spacial score (nSPS) is 10.7. The number of ether oxygens (including phenoxy) is 1. The zero-order valence-corrected chi connectivity index (χ0v) is 17.4. The van der Waals surface area contributed by atoms with Crippen molar-refractivity contribution in [2.45, 2.75) is 33.1 Å². The number of hydrogen-bond acceptors (Lipinski definition) is 3. The van der Waals surface area contributed by atoms with Crippen LogP contribution in [0.15, 0.2) is 54.6 Å². The molecule has 0 aliphatic rings. The van der Waals surface area contributed by atoms with E-state index in [1.54, 1.807) is 4.90 Å². The monoisotopic (exact) mass is 391 g/mol. The zero-order chi connectivity index (χ0) is 20.6. The molecule has 0 saturated carbocycles. The number of carbonyl (C=O) groups is 1. The highest BCUT2D eigenvalue weighted by Crippen LogP contribution is 2.18. The summed E-state index contributed by atoms with van der Waals surface area (Å²) in [6.07, 6.45) is 2.12. The number of nitrogens with zero attached hydrogens (tertiary/aromatic N) is 2. The molecule has 3 aromatic rings. The maximum absolute atomic E-state index is 12.3. The van der Waals surface area contributed by atoms with Gasteiger partial charge in [-0.25, -0.2) is 0 Å². The van der Waals surface area contributed by atoms with Gasteiger partial charge in [-0.2, -0.15) is 5.10 Å². The fraction of sp³-hybridized carbons (Fsp3) is 0.333. The van der Waals surface area contributed by atoms with Gasteiger partial charge < -0.3 is 9.64 Å². The minimum atomic E-state index is 0.100. The van der Waals surface area contributed by atoms with Crippen molar-refractivity contribution in [2.24, 2.45) is 0 Å². The summed E-state index contributed by atoms with van der Waals surface area (Å²) in [5, 5.41) is 7.47. The second-order valence-corrected chi connectivity index (χ2v) is 7.41. The highest BCUT2D eigenvalue weighted by atomic mass is 16.5. The summed E-state index contributed by atoms with van der Waals surface area (Å²) in [6.45, 7) is 5.24. The van der Waals surface area contributed by atoms with Crippen LogP contribution in [0.25, 0.3) is 11.3 Å². The minimum Gasteiger partial charge on any atom is -0.493 e. The van der Waals surface area contributed by atoms with Crippen molar-refractivity contribution in [1.82, 2.24) is 15.1 Å². The summed E-state index contributed by atoms with van der Waals surface area (Å²) >= 11 is 0. The van der Waals surface area contributed by atoms with E-state index in [4.69, 9.17) is 4.74 Å². The van der Waals surface area contributed by atoms with Crippen LogP contribution in [0.2, 0.25) is 0 Å². The van der Waals surface area contributed by atoms with Gasteiger partial charge in [0.25, 0.3) is 0 Å². The molecule has 0 bridgehead atoms. The van der Waals surface area contributed by atoms with Crippen LogP contribution in [0.5, 0.6) is 5.75 Å². The van der Waals surface area contributed by atoms with Crippen molar-refractivity contribution >= 4 is 5.91 Å². The second kappa shape index (κ2) is 9.92. The fourth-order valence-corrected chi connectivity index (χ4v) is 3.13. The summed E-state index contributed by atoms with van der Waals surface area (Å²) in [5.41, 5.74) is 5.57. The van der Waals surface area contributed by atoms with Crippen LogP contribution >= 0.6 is 0 Å². The second-order valence-electron chi connectivity index (χ2n) is 7.41. The Bertz CT molecular complexity index is 934. The van der Waals surface area contributed by atoms with E-state index in [0.29, 0.717) is 19.6 Å². The first-order valence-electron chi connectivity index (χ1n) is 10.1. The lowest BCUT2D eigenvalue weighted by Gasteiger charge is -2.17. The van der Waals surface area contributed by atoms with Crippen LogP contribution < -0.4 is 4.74 Å². The number of aryl methyl sites for hydroxylation is 3. The Morgan fingerprint density at radius 1 is 1.07 bits per heavy atom. The molecule has 1 aromatic heterocycles. The molecule has 0 radical (unpaired) electrons. The van der Waals surface area contributed by atoms with Crippen molar-refractivity contribution in [3.05, 3.63) is 71.4 Å². The third-order valence-electron chi connectivity index (χ3n) is 5.13. The summed E-state index contributed by atoms with van der Waals surface area (Å²) in [5.74, 6) is 0.917. The zero-order valence-electron chi connectivity index (χ0n) is 17.4. The van der Waals surface area contributed by atoms with Crippen LogP contribution in [0.1, 0.15) is 29.7 Å². The highest BCUT2D eigenvalue weighted by Gasteiger charge is 2.10. The number of H-pyrrole nitrogens is 1. The lowest BCUT2D eigenvalue weighted by molar-refractivity contribution is -0.130. The molecule has 0 fully saturated rings. The van der Waals surface area contributed by atoms with Gasteiger partial charge in [0, 0.05) is 24.8 Å². The smallest absolute Gasteiger partial charge is 0.225 e. The van der Waals surface area contributed by atoms with Gasteiger partial charge >= 0.3 is 0 Å². The third kappa shape index (κ3) is 5.95. The van der Waals surface area contributed by atoms with Gasteiger partial charge in [-0.05, 0) is 56.0 Å². The van der Waals surface area contributed by atoms with E-state index in [0.717, 1.165) is 35.5 Å². The molecule has 2 aromatic carbocycles. The number of nitrogens with one attached hydrogen (secondary N) is 1. The van der Waals surface area contributed by atoms with Gasteiger partial charge in [0.05, 0.1) is 18.7 Å². The summed E-state index contributed by atoms with van der Waals surface area (Å²) in [4.78, 5) is 14.1. The molecule has 0 aliphatic carbocycles. The van der Waals surface area contributed by atoms with Crippen molar-refractivity contribution in [1.29, 1.82) is 0 Å². The first-order chi connectivity index (χ1) is 14.0. The van der Waals surface area contributed by atoms with Crippen molar-refractivity contribution in [2.75, 3.05) is 20.2 Å². The summed E-state index contributed by atoms with van der Waals surface area (Å²) < 4.78 is 5.72. The lowest BCUT2D eigenvalue weighted by atomic mass is 10.1. The predicted molar refractivity (Wildman–Crippen MR) is 116 cm³/mol.